The van der Waals surface area contributed by atoms with E-state index in [0.29, 0.717) is 27.3 Å². The molecule has 2 heterocycles. The van der Waals surface area contributed by atoms with Crippen molar-refractivity contribution in [1.82, 2.24) is 30.5 Å². The van der Waals surface area contributed by atoms with Crippen LogP contribution in [-0.4, -0.2) is 48.2 Å². The van der Waals surface area contributed by atoms with Crippen LogP contribution in [-0.2, 0) is 16.0 Å². The first-order valence-corrected chi connectivity index (χ1v) is 12.0. The summed E-state index contributed by atoms with van der Waals surface area (Å²) in [6.07, 6.45) is 6.29. The Morgan fingerprint density at radius 2 is 1.95 bits per heavy atom. The lowest BCUT2D eigenvalue weighted by atomic mass is 10.0. The number of carbonyl (C=O) groups is 2. The lowest BCUT2D eigenvalue weighted by molar-refractivity contribution is -0.123. The average molecular weight is 528 g/mol. The highest BCUT2D eigenvalue weighted by atomic mass is 35.5. The van der Waals surface area contributed by atoms with Crippen molar-refractivity contribution in [3.63, 3.8) is 0 Å². The van der Waals surface area contributed by atoms with Crippen LogP contribution in [0.4, 0.5) is 5.69 Å². The molecule has 10 nitrogen and oxygen atoms in total. The second-order valence-electron chi connectivity index (χ2n) is 8.47. The number of aromatic amines is 1. The number of nitrogens with zero attached hydrogens (tertiary/aromatic N) is 4. The third-order valence-corrected chi connectivity index (χ3v) is 6.09. The molecule has 0 aliphatic carbocycles. The highest BCUT2D eigenvalue weighted by Gasteiger charge is 2.21. The van der Waals surface area contributed by atoms with Gasteiger partial charge in [-0.15, -0.1) is 5.10 Å². The van der Waals surface area contributed by atoms with E-state index in [1.807, 2.05) is 30.3 Å². The van der Waals surface area contributed by atoms with Crippen molar-refractivity contribution in [3.05, 3.63) is 101 Å². The maximum Gasteiger partial charge on any atom is 0.247 e. The van der Waals surface area contributed by atoms with Crippen molar-refractivity contribution < 1.29 is 14.7 Å². The second kappa shape index (κ2) is 11.0. The number of amides is 2. The first-order valence-electron chi connectivity index (χ1n) is 11.6. The van der Waals surface area contributed by atoms with Gasteiger partial charge >= 0.3 is 0 Å². The molecule has 5 rings (SSSR count). The van der Waals surface area contributed by atoms with Crippen LogP contribution in [0.2, 0.25) is 5.02 Å². The summed E-state index contributed by atoms with van der Waals surface area (Å²) in [4.78, 5) is 29.0. The van der Waals surface area contributed by atoms with E-state index in [2.05, 4.69) is 31.1 Å². The molecule has 0 saturated carbocycles. The topological polar surface area (TPSA) is 138 Å². The second-order valence-corrected chi connectivity index (χ2v) is 8.91. The molecule has 0 aliphatic heterocycles. The standard InChI is InChI=1S/C27H22ClN7O3/c28-20-8-10-24(35-16-30-33-34-35)18(13-20)7-11-25(36)32-23(12-17-4-2-1-3-5-17)27(38)31-21-9-6-19-15-29-26(37)22(19)14-21/h1-11,13-16,23,29,37H,12H2,(H,31,38)(H,32,36)/t23-/m0/s1. The number of halogens is 1. The Morgan fingerprint density at radius 1 is 1.11 bits per heavy atom. The number of benzene rings is 3. The molecule has 190 valence electrons. The lowest BCUT2D eigenvalue weighted by Gasteiger charge is -2.18. The van der Waals surface area contributed by atoms with Crippen LogP contribution in [0.1, 0.15) is 11.1 Å². The fourth-order valence-electron chi connectivity index (χ4n) is 4.00. The van der Waals surface area contributed by atoms with Gasteiger partial charge in [0.05, 0.1) is 5.69 Å². The van der Waals surface area contributed by atoms with E-state index < -0.39 is 17.9 Å². The zero-order valence-corrected chi connectivity index (χ0v) is 20.6. The van der Waals surface area contributed by atoms with Crippen molar-refractivity contribution in [2.45, 2.75) is 12.5 Å². The number of aromatic hydroxyl groups is 1. The van der Waals surface area contributed by atoms with Gasteiger partial charge in [-0.05, 0) is 52.4 Å². The Morgan fingerprint density at radius 3 is 2.74 bits per heavy atom. The van der Waals surface area contributed by atoms with Crippen LogP contribution in [0.15, 0.2) is 85.3 Å². The third-order valence-electron chi connectivity index (χ3n) is 5.86. The van der Waals surface area contributed by atoms with Gasteiger partial charge in [-0.25, -0.2) is 0 Å². The van der Waals surface area contributed by atoms with Crippen LogP contribution in [0, 0.1) is 0 Å². The van der Waals surface area contributed by atoms with Crippen LogP contribution in [0.3, 0.4) is 0 Å². The summed E-state index contributed by atoms with van der Waals surface area (Å²) in [5.41, 5.74) is 2.62. The van der Waals surface area contributed by atoms with Crippen LogP contribution in [0.25, 0.3) is 22.5 Å². The molecule has 4 N–H and O–H groups in total. The smallest absolute Gasteiger partial charge is 0.247 e. The number of anilines is 1. The molecule has 0 unspecified atom stereocenters. The molecule has 0 saturated heterocycles. The molecule has 1 atom stereocenters. The van der Waals surface area contributed by atoms with E-state index in [9.17, 15) is 14.7 Å². The summed E-state index contributed by atoms with van der Waals surface area (Å²) in [7, 11) is 0. The van der Waals surface area contributed by atoms with Gasteiger partial charge in [0, 0.05) is 45.7 Å². The van der Waals surface area contributed by atoms with Crippen molar-refractivity contribution in [2.75, 3.05) is 5.32 Å². The minimum absolute atomic E-state index is 0.0115. The first kappa shape index (κ1) is 24.7. The summed E-state index contributed by atoms with van der Waals surface area (Å²) >= 11 is 6.16. The van der Waals surface area contributed by atoms with Gasteiger partial charge in [0.2, 0.25) is 11.8 Å². The van der Waals surface area contributed by atoms with E-state index in [4.69, 9.17) is 11.6 Å². The van der Waals surface area contributed by atoms with Gasteiger partial charge in [0.25, 0.3) is 0 Å². The molecule has 2 amide bonds. The monoisotopic (exact) mass is 527 g/mol. The average Bonchev–Trinajstić information content (AvgIpc) is 3.58. The zero-order chi connectivity index (χ0) is 26.5. The first-order chi connectivity index (χ1) is 18.5. The van der Waals surface area contributed by atoms with Crippen molar-refractivity contribution in [3.8, 4) is 11.6 Å². The Kier molecular flexibility index (Phi) is 7.14. The largest absolute Gasteiger partial charge is 0.494 e. The van der Waals surface area contributed by atoms with Gasteiger partial charge in [0.15, 0.2) is 5.88 Å². The minimum atomic E-state index is -0.872. The maximum atomic E-state index is 13.3. The lowest BCUT2D eigenvalue weighted by Crippen LogP contribution is -2.44. The van der Waals surface area contributed by atoms with E-state index >= 15 is 0 Å². The number of nitrogens with one attached hydrogen (secondary N) is 3. The van der Waals surface area contributed by atoms with E-state index in [1.165, 1.54) is 17.1 Å². The molecular weight excluding hydrogens is 506 g/mol. The Labute approximate surface area is 221 Å². The molecule has 0 radical (unpaired) electrons. The number of H-pyrrole nitrogens is 1. The molecule has 38 heavy (non-hydrogen) atoms. The number of tetrazole rings is 1. The number of aromatic nitrogens is 5. The van der Waals surface area contributed by atoms with E-state index in [0.717, 1.165) is 10.9 Å². The molecule has 0 spiro atoms. The molecule has 0 fully saturated rings. The van der Waals surface area contributed by atoms with Crippen molar-refractivity contribution in [2.24, 2.45) is 0 Å². The van der Waals surface area contributed by atoms with Gasteiger partial charge in [-0.3, -0.25) is 9.59 Å². The van der Waals surface area contributed by atoms with Gasteiger partial charge in [0.1, 0.15) is 12.4 Å². The molecule has 0 aliphatic rings. The van der Waals surface area contributed by atoms with Gasteiger partial charge in [-0.2, -0.15) is 4.68 Å². The minimum Gasteiger partial charge on any atom is -0.494 e. The molecular formula is C27H22ClN7O3. The SMILES string of the molecule is O=C(C=Cc1cc(Cl)ccc1-n1cnnn1)N[C@@H](Cc1ccccc1)C(=O)Nc1ccc2c[nH]c(O)c2c1. The quantitative estimate of drug-likeness (QED) is 0.226. The van der Waals surface area contributed by atoms with Crippen LogP contribution >= 0.6 is 11.6 Å². The Balaban J connectivity index is 1.35. The molecule has 0 bridgehead atoms. The zero-order valence-electron chi connectivity index (χ0n) is 19.9. The molecule has 3 aromatic carbocycles. The van der Waals surface area contributed by atoms with E-state index in [-0.39, 0.29) is 12.3 Å². The molecule has 11 heteroatoms. The summed E-state index contributed by atoms with van der Waals surface area (Å²) in [6.45, 7) is 0. The fourth-order valence-corrected chi connectivity index (χ4v) is 4.18. The maximum absolute atomic E-state index is 13.3. The van der Waals surface area contributed by atoms with Gasteiger partial charge < -0.3 is 20.7 Å². The Hall–Kier alpha value is -4.96. The van der Waals surface area contributed by atoms with Crippen molar-refractivity contribution in [1.29, 1.82) is 0 Å². The highest BCUT2D eigenvalue weighted by Crippen LogP contribution is 2.26. The number of hydrogen-bond donors (Lipinski definition) is 4. The van der Waals surface area contributed by atoms with Crippen LogP contribution < -0.4 is 10.6 Å². The summed E-state index contributed by atoms with van der Waals surface area (Å²) in [5, 5.41) is 28.7. The number of hydrogen-bond acceptors (Lipinski definition) is 6. The third kappa shape index (κ3) is 5.71. The normalized spacial score (nSPS) is 12.0. The molecule has 5 aromatic rings. The number of rotatable bonds is 8. The Bertz CT molecular complexity index is 1610. The predicted octanol–water partition coefficient (Wildman–Crippen LogP) is 3.88. The number of carbonyl (C=O) groups excluding carboxylic acids is 2. The number of fused-ring (bicyclic) bond motifs is 1. The van der Waals surface area contributed by atoms with Gasteiger partial charge in [-0.1, -0.05) is 48.0 Å². The summed E-state index contributed by atoms with van der Waals surface area (Å²) in [5.74, 6) is -0.859. The summed E-state index contributed by atoms with van der Waals surface area (Å²) < 4.78 is 1.46. The van der Waals surface area contributed by atoms with Crippen molar-refractivity contribution >= 4 is 46.0 Å². The summed E-state index contributed by atoms with van der Waals surface area (Å²) in [6, 6.07) is 18.8. The highest BCUT2D eigenvalue weighted by molar-refractivity contribution is 6.30. The predicted molar refractivity (Wildman–Crippen MR) is 144 cm³/mol. The molecule has 2 aromatic heterocycles. The fraction of sp³-hybridized carbons (Fsp3) is 0.0741. The van der Waals surface area contributed by atoms with E-state index in [1.54, 1.807) is 48.7 Å². The van der Waals surface area contributed by atoms with Crippen LogP contribution in [0.5, 0.6) is 5.88 Å².